The molecule has 11 rings (SSSR count). The Morgan fingerprint density at radius 3 is 2.38 bits per heavy atom. The quantitative estimate of drug-likeness (QED) is 0.138. The number of anilines is 5. The van der Waals surface area contributed by atoms with Crippen molar-refractivity contribution in [3.8, 4) is 5.75 Å². The molecule has 0 radical (unpaired) electrons. The van der Waals surface area contributed by atoms with Crippen LogP contribution in [0.15, 0.2) is 47.4 Å². The van der Waals surface area contributed by atoms with E-state index in [1.54, 1.807) is 19.3 Å². The fraction of sp³-hybridized carbons (Fsp3) is 0.542. The number of aryl methyl sites for hydroxylation is 2. The van der Waals surface area contributed by atoms with Gasteiger partial charge in [0.2, 0.25) is 23.5 Å². The lowest BCUT2D eigenvalue weighted by Crippen LogP contribution is -2.48. The first-order chi connectivity index (χ1) is 31.8. The van der Waals surface area contributed by atoms with Gasteiger partial charge in [-0.3, -0.25) is 24.4 Å². The van der Waals surface area contributed by atoms with Gasteiger partial charge in [-0.1, -0.05) is 11.6 Å². The van der Waals surface area contributed by atoms with Crippen LogP contribution in [-0.2, 0) is 23.7 Å². The number of pyridine rings is 1. The van der Waals surface area contributed by atoms with Gasteiger partial charge in [-0.05, 0) is 125 Å². The molecule has 1 saturated carbocycles. The van der Waals surface area contributed by atoms with E-state index in [0.717, 1.165) is 88.1 Å². The molecule has 1 aliphatic carbocycles. The molecule has 2 unspecified atom stereocenters. The number of hydrogen-bond acceptors (Lipinski definition) is 12. The highest BCUT2D eigenvalue weighted by atomic mass is 35.5. The first-order valence-electron chi connectivity index (χ1n) is 23.6. The third-order valence-corrected chi connectivity index (χ3v) is 15.8. The monoisotopic (exact) mass is 923 g/mol. The average molecular weight is 924 g/mol. The number of amides is 2. The van der Waals surface area contributed by atoms with Crippen LogP contribution in [0.25, 0.3) is 21.8 Å². The number of alkyl halides is 2. The van der Waals surface area contributed by atoms with Gasteiger partial charge in [-0.15, -0.1) is 0 Å². The summed E-state index contributed by atoms with van der Waals surface area (Å²) in [6.45, 7) is 6.26. The van der Waals surface area contributed by atoms with Crippen LogP contribution in [0.2, 0.25) is 5.02 Å². The Morgan fingerprint density at radius 2 is 1.64 bits per heavy atom. The van der Waals surface area contributed by atoms with Gasteiger partial charge in [0.25, 0.3) is 5.56 Å². The minimum atomic E-state index is -3.12. The highest BCUT2D eigenvalue weighted by molar-refractivity contribution is 6.33. The summed E-state index contributed by atoms with van der Waals surface area (Å²) in [4.78, 5) is 54.5. The smallest absolute Gasteiger partial charge is 0.301 e. The molecule has 15 nitrogen and oxygen atoms in total. The van der Waals surface area contributed by atoms with Crippen molar-refractivity contribution in [2.45, 2.75) is 82.1 Å². The fourth-order valence-corrected chi connectivity index (χ4v) is 11.5. The zero-order valence-corrected chi connectivity index (χ0v) is 38.2. The molecule has 8 heterocycles. The summed E-state index contributed by atoms with van der Waals surface area (Å²) in [5.74, 6) is -2.56. The Morgan fingerprint density at radius 1 is 0.879 bits per heavy atom. The summed E-state index contributed by atoms with van der Waals surface area (Å²) in [6, 6.07) is 10.8. The molecule has 3 aromatic heterocycles. The van der Waals surface area contributed by atoms with Crippen LogP contribution in [0.5, 0.6) is 5.75 Å². The maximum atomic E-state index is 15.2. The van der Waals surface area contributed by atoms with Gasteiger partial charge in [0.15, 0.2) is 12.4 Å². The maximum absolute atomic E-state index is 15.2. The minimum Gasteiger partial charge on any atom is -0.480 e. The second kappa shape index (κ2) is 16.6. The molecule has 18 heteroatoms. The third kappa shape index (κ3) is 7.98. The Bertz CT molecular complexity index is 2790. The Kier molecular flexibility index (Phi) is 10.9. The third-order valence-electron chi connectivity index (χ3n) is 15.6. The highest BCUT2D eigenvalue weighted by Gasteiger charge is 2.51. The number of hydrogen-bond donors (Lipinski definition) is 3. The van der Waals surface area contributed by atoms with Gasteiger partial charge in [-0.25, -0.2) is 13.8 Å². The number of benzene rings is 2. The summed E-state index contributed by atoms with van der Waals surface area (Å²) >= 11 is 6.67. The molecular weight excluding hydrogens is 868 g/mol. The van der Waals surface area contributed by atoms with E-state index in [-0.39, 0.29) is 29.2 Å². The van der Waals surface area contributed by atoms with Crippen molar-refractivity contribution in [3.63, 3.8) is 0 Å². The number of nitrogens with one attached hydrogen (secondary N) is 3. The normalized spacial score (nSPS) is 23.7. The van der Waals surface area contributed by atoms with E-state index in [1.165, 1.54) is 23.1 Å². The molecule has 2 atom stereocenters. The molecule has 6 aliphatic rings. The van der Waals surface area contributed by atoms with Crippen LogP contribution in [0.3, 0.4) is 0 Å². The SMILES string of the molecule is Cn1nc(C2CCC(=O)NC2=O)c2ccc(N3CCC(CN4CCC5(CC4)CCN(c4ncc(Cl)c(Nc6ccc7c(c6)c6c(c(=O)n7C)OCC(F)(F)C(C7CC7)N6)n4)CC5)CC3)cc21. The molecule has 348 valence electrons. The van der Waals surface area contributed by atoms with Crippen LogP contribution in [0.4, 0.5) is 37.6 Å². The lowest BCUT2D eigenvalue weighted by Gasteiger charge is -2.47. The number of likely N-dealkylation sites (tertiary alicyclic amines) is 1. The fourth-order valence-electron chi connectivity index (χ4n) is 11.3. The van der Waals surface area contributed by atoms with Crippen molar-refractivity contribution in [2.24, 2.45) is 31.3 Å². The van der Waals surface area contributed by atoms with Gasteiger partial charge in [0.05, 0.1) is 40.6 Å². The summed E-state index contributed by atoms with van der Waals surface area (Å²) < 4.78 is 39.2. The summed E-state index contributed by atoms with van der Waals surface area (Å²) in [5, 5.41) is 15.5. The lowest BCUT2D eigenvalue weighted by atomic mass is 9.71. The largest absolute Gasteiger partial charge is 0.480 e. The number of rotatable bonds is 8. The second-order valence-electron chi connectivity index (χ2n) is 19.7. The summed E-state index contributed by atoms with van der Waals surface area (Å²) in [6.07, 6.45) is 10.7. The van der Waals surface area contributed by atoms with Crippen LogP contribution < -0.4 is 36.0 Å². The van der Waals surface area contributed by atoms with E-state index in [4.69, 9.17) is 26.4 Å². The van der Waals surface area contributed by atoms with Crippen molar-refractivity contribution in [1.29, 1.82) is 0 Å². The zero-order chi connectivity index (χ0) is 45.5. The van der Waals surface area contributed by atoms with E-state index >= 15 is 8.78 Å². The van der Waals surface area contributed by atoms with Crippen molar-refractivity contribution < 1.29 is 23.1 Å². The Hall–Kier alpha value is -5.55. The number of imide groups is 1. The van der Waals surface area contributed by atoms with E-state index in [1.807, 2.05) is 23.9 Å². The number of piperidine rings is 4. The molecule has 5 aromatic rings. The van der Waals surface area contributed by atoms with Gasteiger partial charge in [0.1, 0.15) is 5.02 Å². The van der Waals surface area contributed by atoms with Crippen molar-refractivity contribution in [2.75, 3.05) is 72.9 Å². The van der Waals surface area contributed by atoms with Crippen molar-refractivity contribution in [3.05, 3.63) is 63.7 Å². The van der Waals surface area contributed by atoms with E-state index in [0.29, 0.717) is 70.4 Å². The molecule has 1 spiro atoms. The van der Waals surface area contributed by atoms with Gasteiger partial charge < -0.3 is 34.6 Å². The highest BCUT2D eigenvalue weighted by Crippen LogP contribution is 2.46. The van der Waals surface area contributed by atoms with Gasteiger partial charge in [-0.2, -0.15) is 10.1 Å². The van der Waals surface area contributed by atoms with E-state index < -0.39 is 30.0 Å². The lowest BCUT2D eigenvalue weighted by molar-refractivity contribution is -0.134. The van der Waals surface area contributed by atoms with Gasteiger partial charge in [0, 0.05) is 75.4 Å². The number of nitrogens with zero attached hydrogens (tertiary/aromatic N) is 8. The summed E-state index contributed by atoms with van der Waals surface area (Å²) in [7, 11) is 3.54. The van der Waals surface area contributed by atoms with Crippen LogP contribution in [0.1, 0.15) is 75.8 Å². The molecule has 2 aromatic carbocycles. The van der Waals surface area contributed by atoms with Gasteiger partial charge >= 0.3 is 5.92 Å². The average Bonchev–Trinajstić information content (AvgIpc) is 4.12. The maximum Gasteiger partial charge on any atom is 0.301 e. The number of ether oxygens (including phenoxy) is 1. The van der Waals surface area contributed by atoms with Crippen LogP contribution >= 0.6 is 11.6 Å². The summed E-state index contributed by atoms with van der Waals surface area (Å²) in [5.41, 5.74) is 4.30. The number of aromatic nitrogens is 5. The number of carbonyl (C=O) groups excluding carboxylic acids is 2. The van der Waals surface area contributed by atoms with Crippen molar-refractivity contribution >= 4 is 74.0 Å². The molecule has 66 heavy (non-hydrogen) atoms. The molecule has 3 N–H and O–H groups in total. The van der Waals surface area contributed by atoms with Crippen molar-refractivity contribution in [1.82, 2.24) is 34.5 Å². The first kappa shape index (κ1) is 43.0. The number of carbonyl (C=O) groups is 2. The number of fused-ring (bicyclic) bond motifs is 4. The molecule has 5 aliphatic heterocycles. The number of halogens is 3. The van der Waals surface area contributed by atoms with Crippen LogP contribution in [0, 0.1) is 17.3 Å². The minimum absolute atomic E-state index is 0.0966. The first-order valence-corrected chi connectivity index (χ1v) is 24.0. The Labute approximate surface area is 386 Å². The molecule has 5 fully saturated rings. The van der Waals surface area contributed by atoms with E-state index in [2.05, 4.69) is 53.8 Å². The standard InChI is InChI=1S/C48H56ClF2N11O4/c1-58-36-9-5-30(23-34(36)40-41(45(58)65)66-27-48(50,51)42(55-40)29-3-4-29)53-43-35(49)25-52-46(56-43)62-21-15-47(16-22-62)13-19-60(20-14-47)26-28-11-17-61(18-12-28)31-6-7-32-37(24-31)59(2)57-39(32)33-8-10-38(63)54-44(33)64/h5-7,9,23-25,28-29,33,42,55H,3-4,8,10-22,26-27H2,1-2H3,(H,52,53,56)(H,54,63,64). The zero-order valence-electron chi connectivity index (χ0n) is 37.4. The Balaban J connectivity index is 0.686. The predicted octanol–water partition coefficient (Wildman–Crippen LogP) is 6.95. The molecule has 0 bridgehead atoms. The second-order valence-corrected chi connectivity index (χ2v) is 20.1. The molecule has 2 amide bonds. The molecular formula is C48H56ClF2N11O4. The topological polar surface area (TPSA) is 155 Å². The predicted molar refractivity (Wildman–Crippen MR) is 250 cm³/mol. The van der Waals surface area contributed by atoms with E-state index in [9.17, 15) is 14.4 Å². The van der Waals surface area contributed by atoms with Crippen LogP contribution in [-0.4, -0.2) is 105 Å². The molecule has 4 saturated heterocycles.